The van der Waals surface area contributed by atoms with Gasteiger partial charge in [0.2, 0.25) is 0 Å². The van der Waals surface area contributed by atoms with Gasteiger partial charge in [-0.15, -0.1) is 0 Å². The van der Waals surface area contributed by atoms with E-state index in [1.807, 2.05) is 18.2 Å². The fourth-order valence-electron chi connectivity index (χ4n) is 3.95. The highest BCUT2D eigenvalue weighted by Gasteiger charge is 2.40. The van der Waals surface area contributed by atoms with Gasteiger partial charge in [-0.05, 0) is 54.7 Å². The second-order valence-electron chi connectivity index (χ2n) is 7.92. The number of aromatic nitrogens is 1. The maximum Gasteiger partial charge on any atom is 0.433 e. The summed E-state index contributed by atoms with van der Waals surface area (Å²) >= 11 is 0. The Morgan fingerprint density at radius 3 is 2.30 bits per heavy atom. The third kappa shape index (κ3) is 4.40. The molecule has 4 rings (SSSR count). The highest BCUT2D eigenvalue weighted by atomic mass is 19.4. The molecule has 1 heterocycles. The standard InChI is InChI=1S/C25H20F3N3O2/c1-33-21-13-22(25(26,27)28)30-15-20(21)17-7-9-19(10-8-17)24(11-2-12-24)31-23(32)18-5-3-16(14-29)4-6-18/h3-10,13,15H,2,11-12H2,1H3,(H,31,32). The highest BCUT2D eigenvalue weighted by Crippen LogP contribution is 2.42. The largest absolute Gasteiger partial charge is 0.496 e. The van der Waals surface area contributed by atoms with Crippen molar-refractivity contribution < 1.29 is 22.7 Å². The van der Waals surface area contributed by atoms with Crippen LogP contribution in [0.2, 0.25) is 0 Å². The van der Waals surface area contributed by atoms with Crippen LogP contribution in [-0.2, 0) is 11.7 Å². The van der Waals surface area contributed by atoms with E-state index in [4.69, 9.17) is 10.00 Å². The Bertz CT molecular complexity index is 1210. The molecule has 1 N–H and O–H groups in total. The number of carbonyl (C=O) groups excluding carboxylic acids is 1. The monoisotopic (exact) mass is 451 g/mol. The highest BCUT2D eigenvalue weighted by molar-refractivity contribution is 5.95. The molecule has 1 saturated carbocycles. The first-order valence-corrected chi connectivity index (χ1v) is 10.3. The third-order valence-corrected chi connectivity index (χ3v) is 5.96. The van der Waals surface area contributed by atoms with Crippen LogP contribution in [0.1, 0.15) is 46.4 Å². The molecular weight excluding hydrogens is 431 g/mol. The van der Waals surface area contributed by atoms with E-state index in [-0.39, 0.29) is 11.7 Å². The molecule has 0 bridgehead atoms. The molecule has 0 atom stereocenters. The van der Waals surface area contributed by atoms with Crippen LogP contribution >= 0.6 is 0 Å². The molecule has 1 fully saturated rings. The number of nitriles is 1. The number of hydrogen-bond acceptors (Lipinski definition) is 4. The Morgan fingerprint density at radius 2 is 1.79 bits per heavy atom. The van der Waals surface area contributed by atoms with Crippen molar-refractivity contribution in [2.75, 3.05) is 7.11 Å². The molecule has 1 aromatic heterocycles. The summed E-state index contributed by atoms with van der Waals surface area (Å²) in [6.45, 7) is 0. The van der Waals surface area contributed by atoms with Gasteiger partial charge in [-0.2, -0.15) is 18.4 Å². The van der Waals surface area contributed by atoms with E-state index in [1.54, 1.807) is 36.4 Å². The predicted octanol–water partition coefficient (Wildman–Crippen LogP) is 5.46. The minimum Gasteiger partial charge on any atom is -0.496 e. The maximum atomic E-state index is 13.0. The Balaban J connectivity index is 1.58. The fourth-order valence-corrected chi connectivity index (χ4v) is 3.95. The SMILES string of the molecule is COc1cc(C(F)(F)F)ncc1-c1ccc(C2(NC(=O)c3ccc(C#N)cc3)CCC2)cc1. The lowest BCUT2D eigenvalue weighted by molar-refractivity contribution is -0.141. The maximum absolute atomic E-state index is 13.0. The lowest BCUT2D eigenvalue weighted by atomic mass is 9.71. The normalized spacial score (nSPS) is 14.6. The number of methoxy groups -OCH3 is 1. The Kier molecular flexibility index (Phi) is 5.81. The van der Waals surface area contributed by atoms with Crippen LogP contribution in [0, 0.1) is 11.3 Å². The molecule has 8 heteroatoms. The molecule has 5 nitrogen and oxygen atoms in total. The molecule has 3 aromatic rings. The van der Waals surface area contributed by atoms with Crippen molar-refractivity contribution in [2.45, 2.75) is 31.0 Å². The van der Waals surface area contributed by atoms with Crippen molar-refractivity contribution in [3.05, 3.63) is 83.2 Å². The summed E-state index contributed by atoms with van der Waals surface area (Å²) < 4.78 is 44.1. The number of carbonyl (C=O) groups is 1. The fraction of sp³-hybridized carbons (Fsp3) is 0.240. The van der Waals surface area contributed by atoms with Gasteiger partial charge < -0.3 is 10.1 Å². The van der Waals surface area contributed by atoms with Crippen molar-refractivity contribution in [3.63, 3.8) is 0 Å². The van der Waals surface area contributed by atoms with Gasteiger partial charge >= 0.3 is 6.18 Å². The predicted molar refractivity (Wildman–Crippen MR) is 115 cm³/mol. The zero-order chi connectivity index (χ0) is 23.6. The number of pyridine rings is 1. The van der Waals surface area contributed by atoms with Gasteiger partial charge in [-0.1, -0.05) is 24.3 Å². The average Bonchev–Trinajstić information content (AvgIpc) is 2.80. The van der Waals surface area contributed by atoms with Crippen LogP contribution in [-0.4, -0.2) is 18.0 Å². The van der Waals surface area contributed by atoms with Gasteiger partial charge in [0.15, 0.2) is 0 Å². The summed E-state index contributed by atoms with van der Waals surface area (Å²) in [4.78, 5) is 16.3. The smallest absolute Gasteiger partial charge is 0.433 e. The second kappa shape index (κ2) is 8.58. The molecule has 33 heavy (non-hydrogen) atoms. The molecule has 2 aromatic carbocycles. The number of rotatable bonds is 5. The quantitative estimate of drug-likeness (QED) is 0.559. The summed E-state index contributed by atoms with van der Waals surface area (Å²) in [6, 6.07) is 16.7. The first-order valence-electron chi connectivity index (χ1n) is 10.3. The lowest BCUT2D eigenvalue weighted by Gasteiger charge is -2.43. The Labute approximate surface area is 188 Å². The molecule has 1 aliphatic carbocycles. The topological polar surface area (TPSA) is 75.0 Å². The number of alkyl halides is 3. The minimum atomic E-state index is -4.56. The van der Waals surface area contributed by atoms with Crippen molar-refractivity contribution in [1.29, 1.82) is 5.26 Å². The first kappa shape index (κ1) is 22.3. The molecule has 0 unspecified atom stereocenters. The zero-order valence-electron chi connectivity index (χ0n) is 17.7. The Morgan fingerprint density at radius 1 is 1.12 bits per heavy atom. The van der Waals surface area contributed by atoms with Gasteiger partial charge in [-0.25, -0.2) is 0 Å². The summed E-state index contributed by atoms with van der Waals surface area (Å²) in [5, 5.41) is 12.0. The number of amides is 1. The average molecular weight is 451 g/mol. The van der Waals surface area contributed by atoms with Crippen LogP contribution in [0.4, 0.5) is 13.2 Å². The van der Waals surface area contributed by atoms with Crippen LogP contribution in [0.3, 0.4) is 0 Å². The van der Waals surface area contributed by atoms with Crippen LogP contribution in [0.15, 0.2) is 60.8 Å². The summed E-state index contributed by atoms with van der Waals surface area (Å²) in [6.07, 6.45) is -0.882. The summed E-state index contributed by atoms with van der Waals surface area (Å²) in [5.41, 5.74) is 1.44. The van der Waals surface area contributed by atoms with E-state index < -0.39 is 17.4 Å². The molecule has 0 saturated heterocycles. The minimum absolute atomic E-state index is 0.0811. The number of ether oxygens (including phenoxy) is 1. The molecule has 0 spiro atoms. The van der Waals surface area contributed by atoms with Gasteiger partial charge in [0.1, 0.15) is 11.4 Å². The van der Waals surface area contributed by atoms with Gasteiger partial charge in [-0.3, -0.25) is 9.78 Å². The number of benzene rings is 2. The van der Waals surface area contributed by atoms with E-state index in [9.17, 15) is 18.0 Å². The van der Waals surface area contributed by atoms with Crippen LogP contribution < -0.4 is 10.1 Å². The van der Waals surface area contributed by atoms with Crippen molar-refractivity contribution >= 4 is 5.91 Å². The summed E-state index contributed by atoms with van der Waals surface area (Å²) in [7, 11) is 1.31. The zero-order valence-corrected chi connectivity index (χ0v) is 17.7. The number of nitrogens with zero attached hydrogens (tertiary/aromatic N) is 2. The van der Waals surface area contributed by atoms with Gasteiger partial charge in [0.25, 0.3) is 5.91 Å². The van der Waals surface area contributed by atoms with E-state index in [1.165, 1.54) is 7.11 Å². The van der Waals surface area contributed by atoms with Gasteiger partial charge in [0, 0.05) is 23.4 Å². The van der Waals surface area contributed by atoms with E-state index in [0.717, 1.165) is 37.1 Å². The first-order chi connectivity index (χ1) is 15.8. The molecular formula is C25H20F3N3O2. The number of halogens is 3. The van der Waals surface area contributed by atoms with Crippen molar-refractivity contribution in [3.8, 4) is 22.9 Å². The van der Waals surface area contributed by atoms with E-state index in [2.05, 4.69) is 10.3 Å². The Hall–Kier alpha value is -3.86. The lowest BCUT2D eigenvalue weighted by Crippen LogP contribution is -2.50. The van der Waals surface area contributed by atoms with E-state index in [0.29, 0.717) is 22.3 Å². The molecule has 0 radical (unpaired) electrons. The van der Waals surface area contributed by atoms with Crippen molar-refractivity contribution in [1.82, 2.24) is 10.3 Å². The molecule has 1 aliphatic rings. The molecule has 1 amide bonds. The second-order valence-corrected chi connectivity index (χ2v) is 7.92. The molecule has 0 aliphatic heterocycles. The summed E-state index contributed by atoms with van der Waals surface area (Å²) in [5.74, 6) is -0.144. The van der Waals surface area contributed by atoms with E-state index >= 15 is 0 Å². The van der Waals surface area contributed by atoms with Crippen molar-refractivity contribution in [2.24, 2.45) is 0 Å². The third-order valence-electron chi connectivity index (χ3n) is 5.96. The van der Waals surface area contributed by atoms with Gasteiger partial charge in [0.05, 0.1) is 24.3 Å². The number of hydrogen-bond donors (Lipinski definition) is 1. The molecule has 168 valence electrons. The van der Waals surface area contributed by atoms with Crippen LogP contribution in [0.25, 0.3) is 11.1 Å². The number of nitrogens with one attached hydrogen (secondary N) is 1. The van der Waals surface area contributed by atoms with Crippen LogP contribution in [0.5, 0.6) is 5.75 Å².